The Kier molecular flexibility index (Phi) is 3.53. The maximum atomic E-state index is 12.0. The summed E-state index contributed by atoms with van der Waals surface area (Å²) in [5, 5.41) is 5.70. The van der Waals surface area contributed by atoms with E-state index in [0.29, 0.717) is 11.4 Å². The SMILES string of the molecule is O=c1c(Nc2ccccc2)c(Nc2ccccc2)c(=O)c1=O. The smallest absolute Gasteiger partial charge is 0.277 e. The van der Waals surface area contributed by atoms with Crippen molar-refractivity contribution in [2.75, 3.05) is 10.6 Å². The Morgan fingerprint density at radius 2 is 0.864 bits per heavy atom. The van der Waals surface area contributed by atoms with Crippen molar-refractivity contribution < 1.29 is 0 Å². The molecule has 0 saturated heterocycles. The number of rotatable bonds is 4. The molecule has 0 saturated carbocycles. The summed E-state index contributed by atoms with van der Waals surface area (Å²) in [6.07, 6.45) is 0. The molecule has 0 bridgehead atoms. The Morgan fingerprint density at radius 3 is 1.23 bits per heavy atom. The first kappa shape index (κ1) is 13.8. The molecule has 0 atom stereocenters. The third-order valence-corrected chi connectivity index (χ3v) is 3.20. The second-order valence-electron chi connectivity index (χ2n) is 4.72. The first-order valence-electron chi connectivity index (χ1n) is 6.68. The number of para-hydroxylation sites is 2. The van der Waals surface area contributed by atoms with Crippen molar-refractivity contribution in [3.05, 3.63) is 91.3 Å². The van der Waals surface area contributed by atoms with Crippen molar-refractivity contribution in [1.82, 2.24) is 0 Å². The molecule has 3 rings (SSSR count). The Morgan fingerprint density at radius 1 is 0.500 bits per heavy atom. The third-order valence-electron chi connectivity index (χ3n) is 3.20. The van der Waals surface area contributed by atoms with Gasteiger partial charge in [0.25, 0.3) is 16.3 Å². The van der Waals surface area contributed by atoms with Crippen LogP contribution in [0.15, 0.2) is 75.0 Å². The zero-order chi connectivity index (χ0) is 15.5. The van der Waals surface area contributed by atoms with E-state index in [-0.39, 0.29) is 11.4 Å². The van der Waals surface area contributed by atoms with Crippen LogP contribution in [0.2, 0.25) is 0 Å². The fraction of sp³-hybridized carbons (Fsp3) is 0. The molecule has 22 heavy (non-hydrogen) atoms. The van der Waals surface area contributed by atoms with Crippen LogP contribution in [-0.4, -0.2) is 0 Å². The van der Waals surface area contributed by atoms with Gasteiger partial charge in [-0.25, -0.2) is 0 Å². The minimum atomic E-state index is -1.03. The Balaban J connectivity index is 2.06. The van der Waals surface area contributed by atoms with E-state index in [0.717, 1.165) is 0 Å². The Labute approximate surface area is 125 Å². The fourth-order valence-electron chi connectivity index (χ4n) is 2.13. The minimum absolute atomic E-state index is 0.0231. The third kappa shape index (κ3) is 2.52. The summed E-state index contributed by atoms with van der Waals surface area (Å²) >= 11 is 0. The Hall–Kier alpha value is -3.21. The highest BCUT2D eigenvalue weighted by Crippen LogP contribution is 2.21. The van der Waals surface area contributed by atoms with Crippen LogP contribution < -0.4 is 26.9 Å². The number of anilines is 4. The van der Waals surface area contributed by atoms with Gasteiger partial charge >= 0.3 is 0 Å². The highest BCUT2D eigenvalue weighted by Gasteiger charge is 2.20. The molecule has 3 aromatic carbocycles. The van der Waals surface area contributed by atoms with Crippen molar-refractivity contribution >= 4 is 22.7 Å². The fourth-order valence-corrected chi connectivity index (χ4v) is 2.13. The second kappa shape index (κ2) is 5.65. The van der Waals surface area contributed by atoms with Crippen LogP contribution in [0, 0.1) is 0 Å². The van der Waals surface area contributed by atoms with Crippen LogP contribution in [0.25, 0.3) is 0 Å². The molecule has 2 N–H and O–H groups in total. The number of hydrogen-bond donors (Lipinski definition) is 2. The summed E-state index contributed by atoms with van der Waals surface area (Å²) in [7, 11) is 0. The molecule has 0 fully saturated rings. The van der Waals surface area contributed by atoms with Gasteiger partial charge in [0.1, 0.15) is 11.4 Å². The van der Waals surface area contributed by atoms with Gasteiger partial charge < -0.3 is 10.6 Å². The average Bonchev–Trinajstić information content (AvgIpc) is 2.75. The molecule has 0 aliphatic carbocycles. The van der Waals surface area contributed by atoms with E-state index in [2.05, 4.69) is 10.6 Å². The Bertz CT molecular complexity index is 852. The standard InChI is InChI=1S/C17H12N2O3/c20-15-13(18-11-7-3-1-4-8-11)14(16(21)17(15)22)19-12-9-5-2-6-10-12/h1-10,18-19H. The minimum Gasteiger partial charge on any atom is -0.350 e. The van der Waals surface area contributed by atoms with E-state index in [4.69, 9.17) is 0 Å². The summed E-state index contributed by atoms with van der Waals surface area (Å²) < 4.78 is 0. The lowest BCUT2D eigenvalue weighted by molar-refractivity contribution is 1.51. The zero-order valence-electron chi connectivity index (χ0n) is 11.5. The lowest BCUT2D eigenvalue weighted by Crippen LogP contribution is -2.30. The van der Waals surface area contributed by atoms with Gasteiger partial charge in [0.15, 0.2) is 0 Å². The largest absolute Gasteiger partial charge is 0.350 e. The zero-order valence-corrected chi connectivity index (χ0v) is 11.5. The molecule has 0 radical (unpaired) electrons. The summed E-state index contributed by atoms with van der Waals surface area (Å²) in [5.41, 5.74) is -1.48. The lowest BCUT2D eigenvalue weighted by atomic mass is 10.3. The first-order valence-corrected chi connectivity index (χ1v) is 6.68. The van der Waals surface area contributed by atoms with Crippen LogP contribution in [0.1, 0.15) is 0 Å². The molecular formula is C17H12N2O3. The predicted molar refractivity (Wildman–Crippen MR) is 87.1 cm³/mol. The topological polar surface area (TPSA) is 75.3 Å². The van der Waals surface area contributed by atoms with Crippen molar-refractivity contribution in [2.45, 2.75) is 0 Å². The molecule has 0 unspecified atom stereocenters. The lowest BCUT2D eigenvalue weighted by Gasteiger charge is -2.08. The number of hydrogen-bond acceptors (Lipinski definition) is 5. The van der Waals surface area contributed by atoms with Crippen molar-refractivity contribution in [1.29, 1.82) is 0 Å². The van der Waals surface area contributed by atoms with Crippen molar-refractivity contribution in [3.8, 4) is 0 Å². The normalized spacial score (nSPS) is 10.4. The van der Waals surface area contributed by atoms with Gasteiger partial charge in [-0.3, -0.25) is 14.4 Å². The molecule has 0 heterocycles. The van der Waals surface area contributed by atoms with Crippen LogP contribution in [0.4, 0.5) is 22.7 Å². The summed E-state index contributed by atoms with van der Waals surface area (Å²) in [4.78, 5) is 35.7. The van der Waals surface area contributed by atoms with Gasteiger partial charge in [0, 0.05) is 11.4 Å². The molecule has 0 aliphatic heterocycles. The number of nitrogens with one attached hydrogen (secondary N) is 2. The molecule has 5 nitrogen and oxygen atoms in total. The predicted octanol–water partition coefficient (Wildman–Crippen LogP) is 2.13. The van der Waals surface area contributed by atoms with E-state index in [1.54, 1.807) is 48.5 Å². The van der Waals surface area contributed by atoms with Gasteiger partial charge in [-0.2, -0.15) is 0 Å². The molecule has 3 aromatic rings. The van der Waals surface area contributed by atoms with E-state index in [1.165, 1.54) is 0 Å². The van der Waals surface area contributed by atoms with E-state index in [9.17, 15) is 14.4 Å². The van der Waals surface area contributed by atoms with Crippen LogP contribution in [-0.2, 0) is 0 Å². The molecule has 0 aromatic heterocycles. The van der Waals surface area contributed by atoms with Gasteiger partial charge in [0.05, 0.1) is 0 Å². The van der Waals surface area contributed by atoms with Crippen molar-refractivity contribution in [3.63, 3.8) is 0 Å². The van der Waals surface area contributed by atoms with Gasteiger partial charge in [-0.1, -0.05) is 36.4 Å². The highest BCUT2D eigenvalue weighted by atomic mass is 16.2. The van der Waals surface area contributed by atoms with Gasteiger partial charge in [-0.05, 0) is 24.3 Å². The molecule has 0 amide bonds. The first-order chi connectivity index (χ1) is 10.7. The summed E-state index contributed by atoms with van der Waals surface area (Å²) in [6.45, 7) is 0. The second-order valence-corrected chi connectivity index (χ2v) is 4.72. The summed E-state index contributed by atoms with van der Waals surface area (Å²) in [5.74, 6) is 0. The highest BCUT2D eigenvalue weighted by molar-refractivity contribution is 5.79. The number of benzene rings is 2. The van der Waals surface area contributed by atoms with Gasteiger partial charge in [0.2, 0.25) is 0 Å². The van der Waals surface area contributed by atoms with E-state index < -0.39 is 16.3 Å². The summed E-state index contributed by atoms with van der Waals surface area (Å²) in [6, 6.07) is 17.8. The average molecular weight is 292 g/mol. The van der Waals surface area contributed by atoms with E-state index in [1.807, 2.05) is 12.1 Å². The van der Waals surface area contributed by atoms with E-state index >= 15 is 0 Å². The monoisotopic (exact) mass is 292 g/mol. The van der Waals surface area contributed by atoms with Gasteiger partial charge in [-0.15, -0.1) is 0 Å². The van der Waals surface area contributed by atoms with Crippen molar-refractivity contribution in [2.24, 2.45) is 0 Å². The maximum Gasteiger partial charge on any atom is 0.277 e. The quantitative estimate of drug-likeness (QED) is 0.720. The van der Waals surface area contributed by atoms with Crippen LogP contribution in [0.3, 0.4) is 0 Å². The maximum absolute atomic E-state index is 12.0. The molecular weight excluding hydrogens is 280 g/mol. The molecule has 5 heteroatoms. The molecule has 108 valence electrons. The van der Waals surface area contributed by atoms with Crippen LogP contribution in [0.5, 0.6) is 0 Å². The molecule has 0 spiro atoms. The molecule has 0 aliphatic rings. The van der Waals surface area contributed by atoms with Crippen LogP contribution >= 0.6 is 0 Å².